The highest BCUT2D eigenvalue weighted by Crippen LogP contribution is 2.26. The van der Waals surface area contributed by atoms with Crippen molar-refractivity contribution in [3.05, 3.63) is 52.1 Å². The Morgan fingerprint density at radius 2 is 2.00 bits per heavy atom. The van der Waals surface area contributed by atoms with Crippen LogP contribution in [0.25, 0.3) is 0 Å². The number of aryl methyl sites for hydroxylation is 2. The van der Waals surface area contributed by atoms with Gasteiger partial charge in [0.2, 0.25) is 0 Å². The van der Waals surface area contributed by atoms with Crippen LogP contribution in [0.1, 0.15) is 36.2 Å². The summed E-state index contributed by atoms with van der Waals surface area (Å²) in [4.78, 5) is 0. The average molecular weight is 310 g/mol. The zero-order valence-electron chi connectivity index (χ0n) is 12.7. The lowest BCUT2D eigenvalue weighted by Crippen LogP contribution is -2.24. The number of halogens is 2. The molecule has 1 heterocycles. The van der Waals surface area contributed by atoms with E-state index in [9.17, 15) is 4.39 Å². The van der Waals surface area contributed by atoms with Gasteiger partial charge in [-0.15, -0.1) is 0 Å². The van der Waals surface area contributed by atoms with Crippen LogP contribution in [0.2, 0.25) is 5.15 Å². The van der Waals surface area contributed by atoms with E-state index in [1.54, 1.807) is 4.68 Å². The molecule has 0 aliphatic heterocycles. The summed E-state index contributed by atoms with van der Waals surface area (Å²) in [6.45, 7) is 4.98. The van der Waals surface area contributed by atoms with Crippen LogP contribution >= 0.6 is 11.6 Å². The lowest BCUT2D eigenvalue weighted by molar-refractivity contribution is 0.526. The van der Waals surface area contributed by atoms with E-state index in [1.807, 2.05) is 26.1 Å². The van der Waals surface area contributed by atoms with E-state index >= 15 is 0 Å². The maximum Gasteiger partial charge on any atom is 0.130 e. The molecule has 3 nitrogen and oxygen atoms in total. The van der Waals surface area contributed by atoms with Gasteiger partial charge in [-0.3, -0.25) is 4.68 Å². The van der Waals surface area contributed by atoms with E-state index in [0.717, 1.165) is 36.2 Å². The minimum atomic E-state index is -0.219. The number of hydrogen-bond acceptors (Lipinski definition) is 2. The van der Waals surface area contributed by atoms with Crippen molar-refractivity contribution in [2.75, 3.05) is 6.54 Å². The van der Waals surface area contributed by atoms with Gasteiger partial charge in [0.1, 0.15) is 11.0 Å². The smallest absolute Gasteiger partial charge is 0.130 e. The topological polar surface area (TPSA) is 29.9 Å². The zero-order valence-corrected chi connectivity index (χ0v) is 13.4. The van der Waals surface area contributed by atoms with Crippen molar-refractivity contribution in [1.29, 1.82) is 0 Å². The molecule has 5 heteroatoms. The van der Waals surface area contributed by atoms with Crippen molar-refractivity contribution < 1.29 is 4.39 Å². The van der Waals surface area contributed by atoms with E-state index in [1.165, 1.54) is 12.1 Å². The van der Waals surface area contributed by atoms with Gasteiger partial charge >= 0.3 is 0 Å². The molecule has 0 radical (unpaired) electrons. The fraction of sp³-hybridized carbons (Fsp3) is 0.438. The highest BCUT2D eigenvalue weighted by Gasteiger charge is 2.18. The van der Waals surface area contributed by atoms with E-state index in [2.05, 4.69) is 17.3 Å². The molecule has 1 atom stereocenters. The molecule has 1 unspecified atom stereocenters. The SMILES string of the molecule is CCCNC(Cc1c(C)nn(C)c1Cl)c1ccc(F)cc1. The Bertz CT molecular complexity index is 592. The maximum absolute atomic E-state index is 13.1. The van der Waals surface area contributed by atoms with Gasteiger partial charge in [-0.2, -0.15) is 5.10 Å². The number of benzene rings is 1. The fourth-order valence-electron chi connectivity index (χ4n) is 2.43. The lowest BCUT2D eigenvalue weighted by atomic mass is 9.99. The second-order valence-electron chi connectivity index (χ2n) is 5.24. The van der Waals surface area contributed by atoms with Gasteiger partial charge < -0.3 is 5.32 Å². The second-order valence-corrected chi connectivity index (χ2v) is 5.60. The van der Waals surface area contributed by atoms with Gasteiger partial charge in [0.05, 0.1) is 5.69 Å². The molecule has 1 N–H and O–H groups in total. The Morgan fingerprint density at radius 3 is 2.52 bits per heavy atom. The number of rotatable bonds is 6. The summed E-state index contributed by atoms with van der Waals surface area (Å²) >= 11 is 6.32. The van der Waals surface area contributed by atoms with E-state index in [0.29, 0.717) is 5.15 Å². The highest BCUT2D eigenvalue weighted by atomic mass is 35.5. The summed E-state index contributed by atoms with van der Waals surface area (Å²) in [5.74, 6) is -0.219. The van der Waals surface area contributed by atoms with Crippen LogP contribution in [-0.2, 0) is 13.5 Å². The Kier molecular flexibility index (Phi) is 5.37. The first-order chi connectivity index (χ1) is 10.0. The largest absolute Gasteiger partial charge is 0.310 e. The van der Waals surface area contributed by atoms with Gasteiger partial charge in [0.25, 0.3) is 0 Å². The van der Waals surface area contributed by atoms with Crippen LogP contribution in [0.5, 0.6) is 0 Å². The molecule has 0 fully saturated rings. The third kappa shape index (κ3) is 3.83. The molecule has 0 spiro atoms. The molecule has 0 bridgehead atoms. The van der Waals surface area contributed by atoms with Crippen molar-refractivity contribution in [3.63, 3.8) is 0 Å². The highest BCUT2D eigenvalue weighted by molar-refractivity contribution is 6.30. The maximum atomic E-state index is 13.1. The van der Waals surface area contributed by atoms with Crippen LogP contribution in [0.15, 0.2) is 24.3 Å². The first kappa shape index (κ1) is 16.0. The Labute approximate surface area is 130 Å². The van der Waals surface area contributed by atoms with Gasteiger partial charge in [-0.25, -0.2) is 4.39 Å². The lowest BCUT2D eigenvalue weighted by Gasteiger charge is -2.19. The molecule has 2 aromatic rings. The molecule has 114 valence electrons. The Morgan fingerprint density at radius 1 is 1.33 bits per heavy atom. The second kappa shape index (κ2) is 7.05. The number of nitrogens with zero attached hydrogens (tertiary/aromatic N) is 2. The molecule has 1 aromatic heterocycles. The molecule has 1 aromatic carbocycles. The average Bonchev–Trinajstić information content (AvgIpc) is 2.70. The molecule has 0 amide bonds. The summed E-state index contributed by atoms with van der Waals surface area (Å²) in [6, 6.07) is 6.73. The Balaban J connectivity index is 2.25. The third-order valence-corrected chi connectivity index (χ3v) is 4.06. The van der Waals surface area contributed by atoms with Gasteiger partial charge in [-0.05, 0) is 44.0 Å². The molecular weight excluding hydrogens is 289 g/mol. The predicted molar refractivity (Wildman–Crippen MR) is 84.1 cm³/mol. The summed E-state index contributed by atoms with van der Waals surface area (Å²) in [6.07, 6.45) is 1.78. The monoisotopic (exact) mass is 309 g/mol. The van der Waals surface area contributed by atoms with Crippen molar-refractivity contribution in [3.8, 4) is 0 Å². The van der Waals surface area contributed by atoms with E-state index in [4.69, 9.17) is 11.6 Å². The normalized spacial score (nSPS) is 12.6. The number of aromatic nitrogens is 2. The van der Waals surface area contributed by atoms with Gasteiger partial charge in [-0.1, -0.05) is 30.7 Å². The van der Waals surface area contributed by atoms with Crippen LogP contribution in [0.4, 0.5) is 4.39 Å². The molecule has 0 aliphatic carbocycles. The predicted octanol–water partition coefficient (Wildman–Crippen LogP) is 3.80. The first-order valence-electron chi connectivity index (χ1n) is 7.19. The summed E-state index contributed by atoms with van der Waals surface area (Å²) in [7, 11) is 1.84. The molecule has 0 aliphatic rings. The van der Waals surface area contributed by atoms with Crippen molar-refractivity contribution >= 4 is 11.6 Å². The quantitative estimate of drug-likeness (QED) is 0.879. The van der Waals surface area contributed by atoms with Gasteiger partial charge in [0.15, 0.2) is 0 Å². The standard InChI is InChI=1S/C16H21ClFN3/c1-4-9-19-15(12-5-7-13(18)8-6-12)10-14-11(2)20-21(3)16(14)17/h5-8,15,19H,4,9-10H2,1-3H3. The summed E-state index contributed by atoms with van der Waals surface area (Å²) < 4.78 is 14.8. The van der Waals surface area contributed by atoms with Gasteiger partial charge in [0, 0.05) is 18.7 Å². The Hall–Kier alpha value is -1.39. The summed E-state index contributed by atoms with van der Waals surface area (Å²) in [5, 5.41) is 8.51. The molecule has 2 rings (SSSR count). The minimum Gasteiger partial charge on any atom is -0.310 e. The summed E-state index contributed by atoms with van der Waals surface area (Å²) in [5.41, 5.74) is 3.04. The van der Waals surface area contributed by atoms with Crippen LogP contribution in [0, 0.1) is 12.7 Å². The number of nitrogens with one attached hydrogen (secondary N) is 1. The molecule has 21 heavy (non-hydrogen) atoms. The van der Waals surface area contributed by atoms with Crippen LogP contribution in [-0.4, -0.2) is 16.3 Å². The molecule has 0 saturated carbocycles. The number of hydrogen-bond donors (Lipinski definition) is 1. The first-order valence-corrected chi connectivity index (χ1v) is 7.57. The van der Waals surface area contributed by atoms with Crippen LogP contribution < -0.4 is 5.32 Å². The van der Waals surface area contributed by atoms with E-state index < -0.39 is 0 Å². The van der Waals surface area contributed by atoms with E-state index in [-0.39, 0.29) is 11.9 Å². The zero-order chi connectivity index (χ0) is 15.4. The molecular formula is C16H21ClFN3. The van der Waals surface area contributed by atoms with Crippen molar-refractivity contribution in [2.24, 2.45) is 7.05 Å². The van der Waals surface area contributed by atoms with Crippen molar-refractivity contribution in [2.45, 2.75) is 32.7 Å². The van der Waals surface area contributed by atoms with Crippen LogP contribution in [0.3, 0.4) is 0 Å². The van der Waals surface area contributed by atoms with Crippen molar-refractivity contribution in [1.82, 2.24) is 15.1 Å². The molecule has 0 saturated heterocycles. The minimum absolute atomic E-state index is 0.103. The fourth-order valence-corrected chi connectivity index (χ4v) is 2.68. The third-order valence-electron chi connectivity index (χ3n) is 3.59.